The molecule has 26 heavy (non-hydrogen) atoms. The Balaban J connectivity index is 1.87. The summed E-state index contributed by atoms with van der Waals surface area (Å²) in [5.41, 5.74) is 5.80. The number of nitrogen functional groups attached to an aromatic ring is 1. The van der Waals surface area contributed by atoms with Gasteiger partial charge in [0.2, 0.25) is 5.82 Å². The van der Waals surface area contributed by atoms with Gasteiger partial charge in [0.05, 0.1) is 22.5 Å². The van der Waals surface area contributed by atoms with Gasteiger partial charge in [0.1, 0.15) is 0 Å². The maximum atomic E-state index is 9.86. The van der Waals surface area contributed by atoms with Crippen molar-refractivity contribution in [1.82, 2.24) is 15.1 Å². The van der Waals surface area contributed by atoms with Gasteiger partial charge in [-0.3, -0.25) is 10.8 Å². The van der Waals surface area contributed by atoms with E-state index in [1.807, 2.05) is 31.2 Å². The molecule has 3 aromatic rings. The molecule has 5 N–H and O–H groups in total. The highest BCUT2D eigenvalue weighted by molar-refractivity contribution is 5.75. The van der Waals surface area contributed by atoms with E-state index in [2.05, 4.69) is 25.9 Å². The van der Waals surface area contributed by atoms with Crippen LogP contribution in [0.1, 0.15) is 19.4 Å². The number of hydrazine groups is 1. The lowest BCUT2D eigenvalue weighted by Crippen LogP contribution is -2.29. The highest BCUT2D eigenvalue weighted by atomic mass is 16.5. The molecule has 0 bridgehead atoms. The van der Waals surface area contributed by atoms with Gasteiger partial charge in [-0.15, -0.1) is 0 Å². The third-order valence-corrected chi connectivity index (χ3v) is 3.84. The molecule has 8 nitrogen and oxygen atoms in total. The lowest BCUT2D eigenvalue weighted by atomic mass is 10.1. The second kappa shape index (κ2) is 7.11. The second-order valence-electron chi connectivity index (χ2n) is 6.68. The van der Waals surface area contributed by atoms with Crippen molar-refractivity contribution in [2.75, 3.05) is 17.3 Å². The maximum absolute atomic E-state index is 9.86. The Morgan fingerprint density at radius 2 is 2.04 bits per heavy atom. The van der Waals surface area contributed by atoms with Crippen LogP contribution in [0.25, 0.3) is 22.8 Å². The van der Waals surface area contributed by atoms with Crippen LogP contribution < -0.4 is 16.6 Å². The van der Waals surface area contributed by atoms with Crippen molar-refractivity contribution >= 4 is 11.4 Å². The zero-order valence-corrected chi connectivity index (χ0v) is 14.9. The van der Waals surface area contributed by atoms with Crippen molar-refractivity contribution in [3.05, 3.63) is 42.2 Å². The van der Waals surface area contributed by atoms with Crippen LogP contribution in [0.5, 0.6) is 0 Å². The summed E-state index contributed by atoms with van der Waals surface area (Å²) in [6, 6.07) is 7.41. The standard InChI is InChI=1S/C18H22N6O2/c1-11-6-7-20-9-13(11)17-22-16(24-26-17)12-4-5-14(15(8-12)23-19)21-10-18(2,3)25/h4-9,21,23,25H,10,19H2,1-3H3. The van der Waals surface area contributed by atoms with Crippen LogP contribution in [-0.2, 0) is 0 Å². The molecule has 8 heteroatoms. The lowest BCUT2D eigenvalue weighted by Gasteiger charge is -2.20. The molecule has 0 aliphatic carbocycles. The number of anilines is 2. The second-order valence-corrected chi connectivity index (χ2v) is 6.68. The zero-order valence-electron chi connectivity index (χ0n) is 14.9. The van der Waals surface area contributed by atoms with Crippen molar-refractivity contribution in [3.8, 4) is 22.8 Å². The average molecular weight is 354 g/mol. The summed E-state index contributed by atoms with van der Waals surface area (Å²) in [6.45, 7) is 5.80. The summed E-state index contributed by atoms with van der Waals surface area (Å²) in [5.74, 6) is 6.49. The largest absolute Gasteiger partial charge is 0.389 e. The third kappa shape index (κ3) is 3.98. The number of rotatable bonds is 6. The Bertz CT molecular complexity index is 901. The highest BCUT2D eigenvalue weighted by Gasteiger charge is 2.16. The molecule has 2 aromatic heterocycles. The molecule has 1 aromatic carbocycles. The Labute approximate surface area is 151 Å². The zero-order chi connectivity index (χ0) is 18.7. The van der Waals surface area contributed by atoms with Gasteiger partial charge in [0.15, 0.2) is 0 Å². The van der Waals surface area contributed by atoms with Crippen LogP contribution in [0.2, 0.25) is 0 Å². The van der Waals surface area contributed by atoms with Gasteiger partial charge >= 0.3 is 0 Å². The molecule has 3 rings (SSSR count). The Kier molecular flexibility index (Phi) is 4.88. The number of hydrogen-bond donors (Lipinski definition) is 4. The first-order chi connectivity index (χ1) is 12.4. The van der Waals surface area contributed by atoms with Gasteiger partial charge in [-0.1, -0.05) is 5.16 Å². The van der Waals surface area contributed by atoms with Gasteiger partial charge < -0.3 is 20.4 Å². The molecule has 0 aliphatic heterocycles. The van der Waals surface area contributed by atoms with Crippen molar-refractivity contribution in [2.24, 2.45) is 5.84 Å². The number of aliphatic hydroxyl groups is 1. The van der Waals surface area contributed by atoms with E-state index in [9.17, 15) is 5.11 Å². The van der Waals surface area contributed by atoms with Gasteiger partial charge in [-0.2, -0.15) is 4.98 Å². The van der Waals surface area contributed by atoms with E-state index in [1.165, 1.54) is 0 Å². The summed E-state index contributed by atoms with van der Waals surface area (Å²) in [5, 5.41) is 17.1. The van der Waals surface area contributed by atoms with Crippen LogP contribution in [0.4, 0.5) is 11.4 Å². The Morgan fingerprint density at radius 3 is 2.73 bits per heavy atom. The summed E-state index contributed by atoms with van der Waals surface area (Å²) < 4.78 is 5.38. The number of aryl methyl sites for hydroxylation is 1. The van der Waals surface area contributed by atoms with Crippen LogP contribution >= 0.6 is 0 Å². The molecule has 0 atom stereocenters. The quantitative estimate of drug-likeness (QED) is 0.393. The molecule has 0 spiro atoms. The van der Waals surface area contributed by atoms with Gasteiger partial charge in [0, 0.05) is 24.5 Å². The molecular weight excluding hydrogens is 332 g/mol. The predicted molar refractivity (Wildman–Crippen MR) is 100 cm³/mol. The number of pyridine rings is 1. The molecule has 0 saturated heterocycles. The number of nitrogens with one attached hydrogen (secondary N) is 2. The van der Waals surface area contributed by atoms with E-state index >= 15 is 0 Å². The van der Waals surface area contributed by atoms with Crippen molar-refractivity contribution in [2.45, 2.75) is 26.4 Å². The summed E-state index contributed by atoms with van der Waals surface area (Å²) in [6.07, 6.45) is 3.41. The molecule has 0 unspecified atom stereocenters. The maximum Gasteiger partial charge on any atom is 0.260 e. The molecule has 0 aliphatic rings. The van der Waals surface area contributed by atoms with Gasteiger partial charge in [-0.25, -0.2) is 0 Å². The first-order valence-corrected chi connectivity index (χ1v) is 8.19. The molecule has 2 heterocycles. The third-order valence-electron chi connectivity index (χ3n) is 3.84. The first kappa shape index (κ1) is 17.8. The van der Waals surface area contributed by atoms with E-state index in [-0.39, 0.29) is 0 Å². The number of nitrogens with zero attached hydrogens (tertiary/aromatic N) is 3. The van der Waals surface area contributed by atoms with Crippen molar-refractivity contribution < 1.29 is 9.63 Å². The monoisotopic (exact) mass is 354 g/mol. The molecule has 0 fully saturated rings. The topological polar surface area (TPSA) is 122 Å². The van der Waals surface area contributed by atoms with Crippen LogP contribution in [0.15, 0.2) is 41.2 Å². The average Bonchev–Trinajstić information content (AvgIpc) is 3.09. The van der Waals surface area contributed by atoms with Crippen LogP contribution in [0, 0.1) is 6.92 Å². The number of aromatic nitrogens is 3. The molecular formula is C18H22N6O2. The molecule has 136 valence electrons. The minimum absolute atomic E-state index is 0.383. The summed E-state index contributed by atoms with van der Waals surface area (Å²) >= 11 is 0. The SMILES string of the molecule is Cc1ccncc1-c1nc(-c2ccc(NCC(C)(C)O)c(NN)c2)no1. The van der Waals surface area contributed by atoms with Gasteiger partial charge in [0.25, 0.3) is 5.89 Å². The van der Waals surface area contributed by atoms with E-state index in [1.54, 1.807) is 26.2 Å². The smallest absolute Gasteiger partial charge is 0.260 e. The van der Waals surface area contributed by atoms with E-state index in [0.29, 0.717) is 23.9 Å². The normalized spacial score (nSPS) is 11.4. The predicted octanol–water partition coefficient (Wildman–Crippen LogP) is 2.58. The van der Waals surface area contributed by atoms with Crippen molar-refractivity contribution in [3.63, 3.8) is 0 Å². The fraction of sp³-hybridized carbons (Fsp3) is 0.278. The van der Waals surface area contributed by atoms with Gasteiger partial charge in [-0.05, 0) is 50.6 Å². The first-order valence-electron chi connectivity index (χ1n) is 8.19. The molecule has 0 radical (unpaired) electrons. The lowest BCUT2D eigenvalue weighted by molar-refractivity contribution is 0.0945. The fourth-order valence-electron chi connectivity index (χ4n) is 2.41. The summed E-state index contributed by atoms with van der Waals surface area (Å²) in [7, 11) is 0. The number of benzene rings is 1. The molecule has 0 amide bonds. The van der Waals surface area contributed by atoms with E-state index in [4.69, 9.17) is 10.4 Å². The number of hydrogen-bond acceptors (Lipinski definition) is 8. The molecule has 0 saturated carbocycles. The fourth-order valence-corrected chi connectivity index (χ4v) is 2.41. The van der Waals surface area contributed by atoms with Crippen LogP contribution in [0.3, 0.4) is 0 Å². The van der Waals surface area contributed by atoms with Crippen LogP contribution in [-0.4, -0.2) is 32.4 Å². The van der Waals surface area contributed by atoms with E-state index < -0.39 is 5.60 Å². The Hall–Kier alpha value is -2.97. The van der Waals surface area contributed by atoms with E-state index in [0.717, 1.165) is 22.4 Å². The Morgan fingerprint density at radius 1 is 1.23 bits per heavy atom. The number of nitrogens with two attached hydrogens (primary N) is 1. The summed E-state index contributed by atoms with van der Waals surface area (Å²) in [4.78, 5) is 8.56. The minimum Gasteiger partial charge on any atom is -0.389 e. The van der Waals surface area contributed by atoms with Crippen molar-refractivity contribution in [1.29, 1.82) is 0 Å². The highest BCUT2D eigenvalue weighted by Crippen LogP contribution is 2.29. The minimum atomic E-state index is -0.839.